The quantitative estimate of drug-likeness (QED) is 0.856. The van der Waals surface area contributed by atoms with Crippen LogP contribution in [0.1, 0.15) is 17.3 Å². The average molecular weight is 314 g/mol. The van der Waals surface area contributed by atoms with Crippen LogP contribution in [0.5, 0.6) is 5.75 Å². The highest BCUT2D eigenvalue weighted by atomic mass is 32.2. The fraction of sp³-hybridized carbons (Fsp3) is 0.462. The molecule has 2 rings (SSSR count). The molecule has 116 valence electrons. The van der Waals surface area contributed by atoms with Gasteiger partial charge in [-0.15, -0.1) is 0 Å². The van der Waals surface area contributed by atoms with Gasteiger partial charge in [-0.2, -0.15) is 4.31 Å². The number of carbonyl (C=O) groups excluding carboxylic acids is 1. The molecule has 0 saturated carbocycles. The maximum Gasteiger partial charge on any atom is 0.252 e. The maximum atomic E-state index is 12.6. The van der Waals surface area contributed by atoms with Crippen molar-refractivity contribution in [3.05, 3.63) is 23.8 Å². The Bertz CT molecular complexity index is 644. The number of nitrogens with two attached hydrogens (primary N) is 1. The number of primary amides is 1. The molecule has 1 aliphatic heterocycles. The number of morpholine rings is 1. The summed E-state index contributed by atoms with van der Waals surface area (Å²) in [5.41, 5.74) is 5.30. The maximum absolute atomic E-state index is 12.6. The molecule has 1 fully saturated rings. The van der Waals surface area contributed by atoms with Gasteiger partial charge in [0.1, 0.15) is 5.75 Å². The number of amides is 1. The van der Waals surface area contributed by atoms with Crippen molar-refractivity contribution in [3.8, 4) is 5.75 Å². The first-order valence-electron chi connectivity index (χ1n) is 6.46. The van der Waals surface area contributed by atoms with Crippen LogP contribution in [0.3, 0.4) is 0 Å². The highest BCUT2D eigenvalue weighted by molar-refractivity contribution is 7.89. The van der Waals surface area contributed by atoms with E-state index in [9.17, 15) is 13.2 Å². The van der Waals surface area contributed by atoms with Crippen molar-refractivity contribution in [2.45, 2.75) is 17.9 Å². The molecule has 7 nitrogen and oxygen atoms in total. The molecular formula is C13H18N2O5S. The van der Waals surface area contributed by atoms with Gasteiger partial charge in [0.05, 0.1) is 30.3 Å². The van der Waals surface area contributed by atoms with Crippen LogP contribution < -0.4 is 10.5 Å². The topological polar surface area (TPSA) is 98.9 Å². The molecule has 0 unspecified atom stereocenters. The Balaban J connectivity index is 2.40. The van der Waals surface area contributed by atoms with Crippen molar-refractivity contribution >= 4 is 15.9 Å². The van der Waals surface area contributed by atoms with E-state index < -0.39 is 15.9 Å². The largest absolute Gasteiger partial charge is 0.496 e. The minimum Gasteiger partial charge on any atom is -0.496 e. The van der Waals surface area contributed by atoms with E-state index in [0.717, 1.165) is 0 Å². The lowest BCUT2D eigenvalue weighted by Crippen LogP contribution is -2.44. The summed E-state index contributed by atoms with van der Waals surface area (Å²) in [7, 11) is -2.30. The Morgan fingerprint density at radius 3 is 2.76 bits per heavy atom. The molecule has 0 aliphatic carbocycles. The molecule has 21 heavy (non-hydrogen) atoms. The standard InChI is InChI=1S/C13H18N2O5S/c1-9-8-15(5-6-20-9)21(17,18)10-3-4-12(19-2)11(7-10)13(14)16/h3-4,7,9H,5-6,8H2,1-2H3,(H2,14,16)/t9-/m0/s1. The van der Waals surface area contributed by atoms with E-state index in [-0.39, 0.29) is 35.4 Å². The zero-order valence-electron chi connectivity index (χ0n) is 11.9. The smallest absolute Gasteiger partial charge is 0.252 e. The minimum absolute atomic E-state index is 0.0196. The van der Waals surface area contributed by atoms with Gasteiger partial charge in [-0.25, -0.2) is 8.42 Å². The summed E-state index contributed by atoms with van der Waals surface area (Å²) in [6.07, 6.45) is -0.164. The molecule has 1 amide bonds. The van der Waals surface area contributed by atoms with Crippen LogP contribution in [0.15, 0.2) is 23.1 Å². The van der Waals surface area contributed by atoms with Crippen molar-refractivity contribution in [3.63, 3.8) is 0 Å². The molecule has 8 heteroatoms. The van der Waals surface area contributed by atoms with Crippen molar-refractivity contribution < 1.29 is 22.7 Å². The zero-order chi connectivity index (χ0) is 15.6. The molecule has 1 aliphatic rings. The second kappa shape index (κ2) is 6.00. The van der Waals surface area contributed by atoms with Crippen LogP contribution in [0.4, 0.5) is 0 Å². The Hall–Kier alpha value is -1.64. The lowest BCUT2D eigenvalue weighted by atomic mass is 10.2. The Morgan fingerprint density at radius 2 is 2.19 bits per heavy atom. The highest BCUT2D eigenvalue weighted by Crippen LogP contribution is 2.25. The van der Waals surface area contributed by atoms with Crippen LogP contribution in [0.25, 0.3) is 0 Å². The summed E-state index contributed by atoms with van der Waals surface area (Å²) < 4.78 is 36.9. The zero-order valence-corrected chi connectivity index (χ0v) is 12.7. The average Bonchev–Trinajstić information content (AvgIpc) is 2.46. The van der Waals surface area contributed by atoms with Crippen LogP contribution in [-0.2, 0) is 14.8 Å². The third-order valence-corrected chi connectivity index (χ3v) is 5.14. The van der Waals surface area contributed by atoms with E-state index in [0.29, 0.717) is 6.61 Å². The van der Waals surface area contributed by atoms with Gasteiger partial charge < -0.3 is 15.2 Å². The van der Waals surface area contributed by atoms with E-state index in [4.69, 9.17) is 15.2 Å². The lowest BCUT2D eigenvalue weighted by Gasteiger charge is -2.30. The third kappa shape index (κ3) is 3.17. The van der Waals surface area contributed by atoms with Gasteiger partial charge in [0.25, 0.3) is 5.91 Å². The summed E-state index contributed by atoms with van der Waals surface area (Å²) in [6, 6.07) is 4.08. The van der Waals surface area contributed by atoms with Gasteiger partial charge in [-0.3, -0.25) is 4.79 Å². The van der Waals surface area contributed by atoms with Gasteiger partial charge in [0.15, 0.2) is 0 Å². The van der Waals surface area contributed by atoms with Gasteiger partial charge in [-0.1, -0.05) is 0 Å². The highest BCUT2D eigenvalue weighted by Gasteiger charge is 2.30. The van der Waals surface area contributed by atoms with Crippen LogP contribution in [0, 0.1) is 0 Å². The Labute approximate surface area is 123 Å². The van der Waals surface area contributed by atoms with Gasteiger partial charge in [0, 0.05) is 13.1 Å². The number of carbonyl (C=O) groups is 1. The molecule has 1 heterocycles. The summed E-state index contributed by atoms with van der Waals surface area (Å²) in [6.45, 7) is 2.72. The summed E-state index contributed by atoms with van der Waals surface area (Å²) in [5.74, 6) is -0.490. The van der Waals surface area contributed by atoms with Crippen LogP contribution >= 0.6 is 0 Å². The number of rotatable bonds is 4. The van der Waals surface area contributed by atoms with Crippen molar-refractivity contribution in [1.29, 1.82) is 0 Å². The molecule has 0 aromatic heterocycles. The second-order valence-corrected chi connectivity index (χ2v) is 6.71. The predicted octanol–water partition coefficient (Wildman–Crippen LogP) is 0.204. The van der Waals surface area contributed by atoms with E-state index in [1.54, 1.807) is 0 Å². The summed E-state index contributed by atoms with van der Waals surface area (Å²) in [5, 5.41) is 0. The fourth-order valence-corrected chi connectivity index (χ4v) is 3.72. The first-order chi connectivity index (χ1) is 9.86. The Morgan fingerprint density at radius 1 is 1.48 bits per heavy atom. The second-order valence-electron chi connectivity index (χ2n) is 4.77. The van der Waals surface area contributed by atoms with Crippen molar-refractivity contribution in [2.24, 2.45) is 5.73 Å². The van der Waals surface area contributed by atoms with E-state index in [2.05, 4.69) is 0 Å². The molecule has 0 spiro atoms. The molecule has 1 aromatic rings. The van der Waals surface area contributed by atoms with E-state index in [1.807, 2.05) is 6.92 Å². The SMILES string of the molecule is COc1ccc(S(=O)(=O)N2CCO[C@@H](C)C2)cc1C(N)=O. The molecule has 1 saturated heterocycles. The number of sulfonamides is 1. The normalized spacial score (nSPS) is 20.2. The van der Waals surface area contributed by atoms with Crippen LogP contribution in [0.2, 0.25) is 0 Å². The van der Waals surface area contributed by atoms with Crippen molar-refractivity contribution in [1.82, 2.24) is 4.31 Å². The van der Waals surface area contributed by atoms with Crippen LogP contribution in [-0.4, -0.2) is 51.5 Å². The monoisotopic (exact) mass is 314 g/mol. The number of benzene rings is 1. The Kier molecular flexibility index (Phi) is 4.50. The summed E-state index contributed by atoms with van der Waals surface area (Å²) in [4.78, 5) is 11.4. The number of hydrogen-bond acceptors (Lipinski definition) is 5. The molecule has 1 atom stereocenters. The van der Waals surface area contributed by atoms with Gasteiger partial charge in [-0.05, 0) is 25.1 Å². The third-order valence-electron chi connectivity index (χ3n) is 3.28. The first-order valence-corrected chi connectivity index (χ1v) is 7.90. The number of hydrogen-bond donors (Lipinski definition) is 1. The van der Waals surface area contributed by atoms with E-state index in [1.165, 1.54) is 29.6 Å². The van der Waals surface area contributed by atoms with Crippen molar-refractivity contribution in [2.75, 3.05) is 26.8 Å². The molecule has 0 radical (unpaired) electrons. The van der Waals surface area contributed by atoms with E-state index >= 15 is 0 Å². The first kappa shape index (κ1) is 15.7. The number of ether oxygens (including phenoxy) is 2. The lowest BCUT2D eigenvalue weighted by molar-refractivity contribution is 0.0102. The molecule has 0 bridgehead atoms. The number of methoxy groups -OCH3 is 1. The number of nitrogens with zero attached hydrogens (tertiary/aromatic N) is 1. The molecule has 1 aromatic carbocycles. The molecular weight excluding hydrogens is 296 g/mol. The molecule has 2 N–H and O–H groups in total. The minimum atomic E-state index is -3.69. The van der Waals surface area contributed by atoms with Gasteiger partial charge >= 0.3 is 0 Å². The predicted molar refractivity (Wildman–Crippen MR) is 75.7 cm³/mol. The fourth-order valence-electron chi connectivity index (χ4n) is 2.19. The van der Waals surface area contributed by atoms with Gasteiger partial charge in [0.2, 0.25) is 10.0 Å². The summed E-state index contributed by atoms with van der Waals surface area (Å²) >= 11 is 0.